The van der Waals surface area contributed by atoms with Crippen LogP contribution in [0, 0.1) is 11.8 Å². The van der Waals surface area contributed by atoms with Crippen LogP contribution < -0.4 is 4.74 Å². The Hall–Kier alpha value is -1.06. The number of ether oxygens (including phenoxy) is 3. The van der Waals surface area contributed by atoms with Crippen molar-refractivity contribution in [2.24, 2.45) is 11.8 Å². The lowest BCUT2D eigenvalue weighted by Gasteiger charge is -2.28. The predicted octanol–water partition coefficient (Wildman–Crippen LogP) is 7.28. The van der Waals surface area contributed by atoms with E-state index in [1.165, 1.54) is 82.6 Å². The Kier molecular flexibility index (Phi) is 9.13. The highest BCUT2D eigenvalue weighted by molar-refractivity contribution is 5.29. The molecule has 3 nitrogen and oxygen atoms in total. The normalized spacial score (nSPS) is 30.0. The first-order valence-corrected chi connectivity index (χ1v) is 13.3. The third-order valence-corrected chi connectivity index (χ3v) is 7.81. The van der Waals surface area contributed by atoms with Crippen molar-refractivity contribution in [3.63, 3.8) is 0 Å². The smallest absolute Gasteiger partial charge is 0.119 e. The zero-order valence-electron chi connectivity index (χ0n) is 19.7. The molecule has 0 aromatic heterocycles. The summed E-state index contributed by atoms with van der Waals surface area (Å²) >= 11 is 0. The third kappa shape index (κ3) is 7.49. The number of fused-ring (bicyclic) bond motifs is 1. The van der Waals surface area contributed by atoms with Gasteiger partial charge in [-0.1, -0.05) is 38.3 Å². The van der Waals surface area contributed by atoms with Gasteiger partial charge in [0.25, 0.3) is 0 Å². The summed E-state index contributed by atoms with van der Waals surface area (Å²) in [4.78, 5) is 0. The van der Waals surface area contributed by atoms with Crippen LogP contribution in [0.15, 0.2) is 24.3 Å². The molecule has 0 N–H and O–H groups in total. The summed E-state index contributed by atoms with van der Waals surface area (Å²) in [6, 6.07) is 8.97. The van der Waals surface area contributed by atoms with Gasteiger partial charge in [0, 0.05) is 13.2 Å². The first kappa shape index (κ1) is 23.1. The van der Waals surface area contributed by atoms with Gasteiger partial charge in [-0.15, -0.1) is 0 Å². The van der Waals surface area contributed by atoms with E-state index in [-0.39, 0.29) is 0 Å². The summed E-state index contributed by atoms with van der Waals surface area (Å²) in [6.45, 7) is 4.99. The number of benzene rings is 1. The molecule has 4 rings (SSSR count). The number of unbranched alkanes of at least 4 members (excludes halogenated alkanes) is 3. The zero-order chi connectivity index (χ0) is 21.3. The van der Waals surface area contributed by atoms with Gasteiger partial charge in [0.1, 0.15) is 5.75 Å². The Morgan fingerprint density at radius 2 is 1.55 bits per heavy atom. The second kappa shape index (κ2) is 12.3. The van der Waals surface area contributed by atoms with E-state index in [4.69, 9.17) is 14.2 Å². The minimum Gasteiger partial charge on any atom is -0.494 e. The van der Waals surface area contributed by atoms with Crippen LogP contribution in [-0.4, -0.2) is 32.0 Å². The van der Waals surface area contributed by atoms with Crippen molar-refractivity contribution in [2.75, 3.05) is 19.8 Å². The first-order valence-electron chi connectivity index (χ1n) is 13.3. The van der Waals surface area contributed by atoms with Crippen molar-refractivity contribution >= 4 is 0 Å². The molecule has 31 heavy (non-hydrogen) atoms. The molecule has 1 aliphatic heterocycles. The molecule has 3 fully saturated rings. The van der Waals surface area contributed by atoms with Gasteiger partial charge in [0.05, 0.1) is 18.8 Å². The summed E-state index contributed by atoms with van der Waals surface area (Å²) < 4.78 is 17.5. The number of hydrogen-bond acceptors (Lipinski definition) is 3. The van der Waals surface area contributed by atoms with Gasteiger partial charge in [-0.05, 0) is 99.7 Å². The maximum absolute atomic E-state index is 5.98. The Morgan fingerprint density at radius 1 is 0.806 bits per heavy atom. The number of epoxide rings is 1. The lowest BCUT2D eigenvalue weighted by atomic mass is 9.77. The average Bonchev–Trinajstić information content (AvgIpc) is 3.58. The number of hydrogen-bond donors (Lipinski definition) is 0. The van der Waals surface area contributed by atoms with Gasteiger partial charge < -0.3 is 14.2 Å². The molecule has 0 radical (unpaired) electrons. The Labute approximate surface area is 190 Å². The van der Waals surface area contributed by atoms with Gasteiger partial charge in [0.2, 0.25) is 0 Å². The second-order valence-electron chi connectivity index (χ2n) is 10.3. The van der Waals surface area contributed by atoms with E-state index < -0.39 is 0 Å². The maximum atomic E-state index is 5.98. The van der Waals surface area contributed by atoms with Gasteiger partial charge in [-0.2, -0.15) is 0 Å². The Morgan fingerprint density at radius 3 is 2.29 bits per heavy atom. The molecule has 1 saturated heterocycles. The zero-order valence-corrected chi connectivity index (χ0v) is 19.7. The van der Waals surface area contributed by atoms with E-state index in [0.29, 0.717) is 12.2 Å². The van der Waals surface area contributed by atoms with E-state index in [2.05, 4.69) is 31.2 Å². The molecule has 1 aromatic carbocycles. The van der Waals surface area contributed by atoms with E-state index in [1.54, 1.807) is 0 Å². The van der Waals surface area contributed by atoms with Gasteiger partial charge >= 0.3 is 0 Å². The standard InChI is InChI=1S/C28H44O3/c1-2-7-22-8-11-24(12-9-22)25-13-15-26(16-14-25)30-19-6-4-3-5-18-29-21-23-10-17-27-28(20-23)31-27/h13-16,22-24,27-28H,2-12,17-21H2,1H3. The van der Waals surface area contributed by atoms with Crippen molar-refractivity contribution in [3.8, 4) is 5.75 Å². The van der Waals surface area contributed by atoms with Crippen LogP contribution in [-0.2, 0) is 9.47 Å². The Balaban J connectivity index is 0.995. The van der Waals surface area contributed by atoms with Crippen molar-refractivity contribution in [3.05, 3.63) is 29.8 Å². The van der Waals surface area contributed by atoms with Crippen molar-refractivity contribution in [2.45, 2.75) is 109 Å². The van der Waals surface area contributed by atoms with E-state index in [1.807, 2.05) is 0 Å². The van der Waals surface area contributed by atoms with E-state index in [9.17, 15) is 0 Å². The molecule has 0 spiro atoms. The van der Waals surface area contributed by atoms with Crippen LogP contribution >= 0.6 is 0 Å². The highest BCUT2D eigenvalue weighted by Crippen LogP contribution is 2.39. The molecule has 1 heterocycles. The van der Waals surface area contributed by atoms with E-state index in [0.717, 1.165) is 49.7 Å². The van der Waals surface area contributed by atoms with Crippen LogP contribution in [0.2, 0.25) is 0 Å². The summed E-state index contributed by atoms with van der Waals surface area (Å²) in [6.07, 6.45) is 18.0. The molecule has 174 valence electrons. The van der Waals surface area contributed by atoms with Crippen LogP contribution in [0.3, 0.4) is 0 Å². The third-order valence-electron chi connectivity index (χ3n) is 7.81. The molecule has 3 atom stereocenters. The van der Waals surface area contributed by atoms with Crippen molar-refractivity contribution in [1.82, 2.24) is 0 Å². The SMILES string of the molecule is CCCC1CCC(c2ccc(OCCCCCCOCC3CCC4OC4C3)cc2)CC1. The summed E-state index contributed by atoms with van der Waals surface area (Å²) in [5, 5.41) is 0. The van der Waals surface area contributed by atoms with E-state index >= 15 is 0 Å². The first-order chi connectivity index (χ1) is 15.3. The molecule has 3 unspecified atom stereocenters. The fourth-order valence-electron chi connectivity index (χ4n) is 5.77. The van der Waals surface area contributed by atoms with Crippen molar-refractivity contribution < 1.29 is 14.2 Å². The minimum absolute atomic E-state index is 0.573. The molecule has 1 aromatic rings. The molecule has 2 saturated carbocycles. The van der Waals surface area contributed by atoms with Crippen LogP contribution in [0.1, 0.15) is 102 Å². The van der Waals surface area contributed by atoms with Crippen LogP contribution in [0.4, 0.5) is 0 Å². The molecule has 3 aliphatic rings. The van der Waals surface area contributed by atoms with Crippen molar-refractivity contribution in [1.29, 1.82) is 0 Å². The fourth-order valence-corrected chi connectivity index (χ4v) is 5.77. The number of rotatable bonds is 13. The molecular formula is C28H44O3. The van der Waals surface area contributed by atoms with Gasteiger partial charge in [0.15, 0.2) is 0 Å². The molecule has 0 bridgehead atoms. The monoisotopic (exact) mass is 428 g/mol. The predicted molar refractivity (Wildman–Crippen MR) is 127 cm³/mol. The highest BCUT2D eigenvalue weighted by atomic mass is 16.6. The largest absolute Gasteiger partial charge is 0.494 e. The molecule has 3 heteroatoms. The lowest BCUT2D eigenvalue weighted by molar-refractivity contribution is 0.0850. The molecular weight excluding hydrogens is 384 g/mol. The summed E-state index contributed by atoms with van der Waals surface area (Å²) in [7, 11) is 0. The summed E-state index contributed by atoms with van der Waals surface area (Å²) in [5.41, 5.74) is 1.51. The van der Waals surface area contributed by atoms with Crippen LogP contribution in [0.25, 0.3) is 0 Å². The average molecular weight is 429 g/mol. The highest BCUT2D eigenvalue weighted by Gasteiger charge is 2.43. The quantitative estimate of drug-likeness (QED) is 0.244. The van der Waals surface area contributed by atoms with Crippen LogP contribution in [0.5, 0.6) is 5.75 Å². The van der Waals surface area contributed by atoms with Gasteiger partial charge in [-0.25, -0.2) is 0 Å². The molecule has 0 amide bonds. The fraction of sp³-hybridized carbons (Fsp3) is 0.786. The summed E-state index contributed by atoms with van der Waals surface area (Å²) in [5.74, 6) is 3.51. The lowest BCUT2D eigenvalue weighted by Crippen LogP contribution is -2.18. The maximum Gasteiger partial charge on any atom is 0.119 e. The molecule has 2 aliphatic carbocycles. The topological polar surface area (TPSA) is 31.0 Å². The Bertz CT molecular complexity index is 620. The van der Waals surface area contributed by atoms with Gasteiger partial charge in [-0.3, -0.25) is 0 Å². The second-order valence-corrected chi connectivity index (χ2v) is 10.3. The minimum atomic E-state index is 0.573.